The Labute approximate surface area is 101 Å². The lowest BCUT2D eigenvalue weighted by atomic mass is 10.00. The second kappa shape index (κ2) is 3.70. The Morgan fingerprint density at radius 2 is 2.12 bits per heavy atom. The molecule has 0 atom stereocenters. The van der Waals surface area contributed by atoms with E-state index in [1.165, 1.54) is 6.07 Å². The average Bonchev–Trinajstić information content (AvgIpc) is 2.49. The van der Waals surface area contributed by atoms with E-state index in [9.17, 15) is 9.18 Å². The predicted octanol–water partition coefficient (Wildman–Crippen LogP) is 3.04. The first kappa shape index (κ1) is 11.3. The molecule has 1 aliphatic carbocycles. The van der Waals surface area contributed by atoms with Crippen LogP contribution in [0.4, 0.5) is 4.39 Å². The Kier molecular flexibility index (Phi) is 2.62. The first-order valence-corrected chi connectivity index (χ1v) is 5.70. The van der Waals surface area contributed by atoms with Gasteiger partial charge in [0.25, 0.3) is 0 Å². The molecule has 16 heavy (non-hydrogen) atoms. The number of rotatable bonds is 1. The van der Waals surface area contributed by atoms with E-state index in [1.54, 1.807) is 0 Å². The van der Waals surface area contributed by atoms with Crippen LogP contribution in [0.1, 0.15) is 35.3 Å². The molecule has 1 amide bonds. The van der Waals surface area contributed by atoms with Gasteiger partial charge in [0.2, 0.25) is 5.91 Å². The van der Waals surface area contributed by atoms with Gasteiger partial charge >= 0.3 is 0 Å². The number of carbonyl (C=O) groups excluding carboxylic acids is 1. The molecule has 0 saturated carbocycles. The third-order valence-corrected chi connectivity index (χ3v) is 3.82. The van der Waals surface area contributed by atoms with Crippen molar-refractivity contribution >= 4 is 27.4 Å². The van der Waals surface area contributed by atoms with Crippen LogP contribution in [-0.4, -0.2) is 5.91 Å². The molecule has 0 aromatic heterocycles. The number of halogens is 2. The second-order valence-electron chi connectivity index (χ2n) is 4.02. The monoisotopic (exact) mass is 283 g/mol. The molecule has 2 N–H and O–H groups in total. The van der Waals surface area contributed by atoms with Crippen molar-refractivity contribution in [1.82, 2.24) is 0 Å². The minimum Gasteiger partial charge on any atom is -0.366 e. The lowest BCUT2D eigenvalue weighted by Gasteiger charge is -2.09. The number of amides is 1. The molecular formula is C12H11BrFNO. The molecule has 0 aliphatic heterocycles. The quantitative estimate of drug-likeness (QED) is 0.846. The van der Waals surface area contributed by atoms with E-state index in [0.717, 1.165) is 22.3 Å². The molecule has 84 valence electrons. The molecule has 0 spiro atoms. The Hall–Kier alpha value is -1.16. The number of carbonyl (C=O) groups is 1. The van der Waals surface area contributed by atoms with Gasteiger partial charge in [-0.05, 0) is 59.0 Å². The molecule has 0 fully saturated rings. The number of fused-ring (bicyclic) bond motifs is 1. The zero-order valence-corrected chi connectivity index (χ0v) is 10.6. The van der Waals surface area contributed by atoms with E-state index in [-0.39, 0.29) is 5.56 Å². The highest BCUT2D eigenvalue weighted by molar-refractivity contribution is 9.10. The largest absolute Gasteiger partial charge is 0.366 e. The summed E-state index contributed by atoms with van der Waals surface area (Å²) in [6.07, 6.45) is 0.665. The topological polar surface area (TPSA) is 43.1 Å². The zero-order chi connectivity index (χ0) is 12.0. The van der Waals surface area contributed by atoms with Crippen molar-refractivity contribution in [3.63, 3.8) is 0 Å². The lowest BCUT2D eigenvalue weighted by Crippen LogP contribution is -2.15. The molecule has 1 aliphatic rings. The average molecular weight is 284 g/mol. The van der Waals surface area contributed by atoms with E-state index >= 15 is 0 Å². The smallest absolute Gasteiger partial charge is 0.249 e. The minimum absolute atomic E-state index is 0.284. The summed E-state index contributed by atoms with van der Waals surface area (Å²) in [5, 5.41) is 0. The maximum Gasteiger partial charge on any atom is 0.249 e. The molecule has 0 heterocycles. The van der Waals surface area contributed by atoms with E-state index in [2.05, 4.69) is 15.9 Å². The summed E-state index contributed by atoms with van der Waals surface area (Å²) in [7, 11) is 0. The van der Waals surface area contributed by atoms with Crippen molar-refractivity contribution in [2.45, 2.75) is 20.3 Å². The van der Waals surface area contributed by atoms with Crippen LogP contribution in [-0.2, 0) is 6.42 Å². The second-order valence-corrected chi connectivity index (χ2v) is 4.81. The van der Waals surface area contributed by atoms with Gasteiger partial charge in [-0.2, -0.15) is 0 Å². The highest BCUT2D eigenvalue weighted by Gasteiger charge is 2.25. The molecular weight excluding hydrogens is 273 g/mol. The highest BCUT2D eigenvalue weighted by Crippen LogP contribution is 2.40. The number of nitrogens with two attached hydrogens (primary N) is 1. The van der Waals surface area contributed by atoms with Crippen LogP contribution in [0.2, 0.25) is 0 Å². The Morgan fingerprint density at radius 3 is 2.69 bits per heavy atom. The van der Waals surface area contributed by atoms with Crippen molar-refractivity contribution in [3.05, 3.63) is 38.6 Å². The summed E-state index contributed by atoms with van der Waals surface area (Å²) in [4.78, 5) is 11.3. The molecule has 4 heteroatoms. The number of benzene rings is 1. The van der Waals surface area contributed by atoms with Crippen molar-refractivity contribution in [2.24, 2.45) is 5.73 Å². The first-order chi connectivity index (χ1) is 7.43. The van der Waals surface area contributed by atoms with Gasteiger partial charge in [0.15, 0.2) is 0 Å². The molecule has 2 rings (SSSR count). The standard InChI is InChI=1S/C12H11BrFNO/c1-5-3-7-8(12(15)16)4-9(14)11(13)10(7)6(5)2/h4H,3H2,1-2H3,(H2,15,16). The fraction of sp³-hybridized carbons (Fsp3) is 0.250. The van der Waals surface area contributed by atoms with Gasteiger partial charge in [0.1, 0.15) is 5.82 Å². The normalized spacial score (nSPS) is 14.2. The third kappa shape index (κ3) is 1.48. The lowest BCUT2D eigenvalue weighted by molar-refractivity contribution is 0.0999. The first-order valence-electron chi connectivity index (χ1n) is 4.91. The van der Waals surface area contributed by atoms with Gasteiger partial charge < -0.3 is 5.73 Å². The Morgan fingerprint density at radius 1 is 1.50 bits per heavy atom. The molecule has 0 bridgehead atoms. The van der Waals surface area contributed by atoms with Crippen molar-refractivity contribution < 1.29 is 9.18 Å². The van der Waals surface area contributed by atoms with Gasteiger partial charge in [-0.3, -0.25) is 4.79 Å². The molecule has 0 unspecified atom stereocenters. The molecule has 0 radical (unpaired) electrons. The van der Waals surface area contributed by atoms with Crippen LogP contribution in [0.5, 0.6) is 0 Å². The van der Waals surface area contributed by atoms with Crippen LogP contribution in [0.15, 0.2) is 16.1 Å². The number of hydrogen-bond donors (Lipinski definition) is 1. The molecule has 2 nitrogen and oxygen atoms in total. The molecule has 0 saturated heterocycles. The van der Waals surface area contributed by atoms with Crippen molar-refractivity contribution in [3.8, 4) is 0 Å². The number of hydrogen-bond acceptors (Lipinski definition) is 1. The van der Waals surface area contributed by atoms with E-state index in [1.807, 2.05) is 13.8 Å². The summed E-state index contributed by atoms with van der Waals surface area (Å²) in [6.45, 7) is 3.90. The predicted molar refractivity (Wildman–Crippen MR) is 64.6 cm³/mol. The summed E-state index contributed by atoms with van der Waals surface area (Å²) in [5.41, 5.74) is 9.31. The van der Waals surface area contributed by atoms with Crippen LogP contribution < -0.4 is 5.73 Å². The zero-order valence-electron chi connectivity index (χ0n) is 9.03. The summed E-state index contributed by atoms with van der Waals surface area (Å²) < 4.78 is 14.0. The third-order valence-electron chi connectivity index (χ3n) is 3.05. The SMILES string of the molecule is CC1=C(C)c2c(Br)c(F)cc(C(N)=O)c2C1. The number of primary amides is 1. The van der Waals surface area contributed by atoms with Crippen molar-refractivity contribution in [1.29, 1.82) is 0 Å². The number of allylic oxidation sites excluding steroid dienone is 2. The van der Waals surface area contributed by atoms with Gasteiger partial charge in [-0.25, -0.2) is 4.39 Å². The van der Waals surface area contributed by atoms with Gasteiger partial charge in [-0.1, -0.05) is 5.57 Å². The summed E-state index contributed by atoms with van der Waals surface area (Å²) in [6, 6.07) is 1.21. The summed E-state index contributed by atoms with van der Waals surface area (Å²) >= 11 is 3.22. The minimum atomic E-state index is -0.579. The highest BCUT2D eigenvalue weighted by atomic mass is 79.9. The van der Waals surface area contributed by atoms with Crippen LogP contribution >= 0.6 is 15.9 Å². The van der Waals surface area contributed by atoms with Crippen molar-refractivity contribution in [2.75, 3.05) is 0 Å². The summed E-state index contributed by atoms with van der Waals surface area (Å²) in [5.74, 6) is -1.02. The van der Waals surface area contributed by atoms with Gasteiger partial charge in [0.05, 0.1) is 4.47 Å². The van der Waals surface area contributed by atoms with Crippen LogP contribution in [0.3, 0.4) is 0 Å². The Balaban J connectivity index is 2.79. The molecule has 1 aromatic carbocycles. The molecule has 1 aromatic rings. The maximum absolute atomic E-state index is 13.6. The fourth-order valence-electron chi connectivity index (χ4n) is 2.07. The fourth-order valence-corrected chi connectivity index (χ4v) is 2.72. The van der Waals surface area contributed by atoms with Crippen LogP contribution in [0, 0.1) is 5.82 Å². The van der Waals surface area contributed by atoms with E-state index in [0.29, 0.717) is 10.9 Å². The van der Waals surface area contributed by atoms with Gasteiger partial charge in [0, 0.05) is 5.56 Å². The van der Waals surface area contributed by atoms with E-state index < -0.39 is 11.7 Å². The Bertz CT molecular complexity index is 534. The van der Waals surface area contributed by atoms with Crippen LogP contribution in [0.25, 0.3) is 5.57 Å². The van der Waals surface area contributed by atoms with E-state index in [4.69, 9.17) is 5.73 Å². The van der Waals surface area contributed by atoms with Gasteiger partial charge in [-0.15, -0.1) is 0 Å². The maximum atomic E-state index is 13.6.